The van der Waals surface area contributed by atoms with Crippen LogP contribution in [0, 0.1) is 6.92 Å². The van der Waals surface area contributed by atoms with Gasteiger partial charge in [0.05, 0.1) is 10.4 Å². The highest BCUT2D eigenvalue weighted by atomic mass is 32.2. The standard InChI is InChI=1S/C16H15N3O2S/c1-12-6-9-14(10-7-12)22(20,21)19-18-16-11-8-13-4-2-3-5-15(13)17-16/h2-11,19H,1H3,(H,17,18). The van der Waals surface area contributed by atoms with E-state index in [1.807, 2.05) is 37.3 Å². The average molecular weight is 313 g/mol. The molecule has 112 valence electrons. The van der Waals surface area contributed by atoms with Gasteiger partial charge in [-0.3, -0.25) is 5.43 Å². The molecule has 0 amide bonds. The van der Waals surface area contributed by atoms with Crippen molar-refractivity contribution in [3.05, 3.63) is 66.2 Å². The molecule has 0 bridgehead atoms. The van der Waals surface area contributed by atoms with Crippen molar-refractivity contribution in [2.24, 2.45) is 0 Å². The molecule has 0 aliphatic heterocycles. The first kappa shape index (κ1) is 14.5. The van der Waals surface area contributed by atoms with Crippen LogP contribution in [0.25, 0.3) is 10.9 Å². The van der Waals surface area contributed by atoms with Crippen LogP contribution in [0.15, 0.2) is 65.6 Å². The van der Waals surface area contributed by atoms with E-state index in [0.29, 0.717) is 5.82 Å². The Morgan fingerprint density at radius 3 is 2.41 bits per heavy atom. The number of hydrogen-bond acceptors (Lipinski definition) is 4. The van der Waals surface area contributed by atoms with Crippen LogP contribution >= 0.6 is 0 Å². The predicted molar refractivity (Wildman–Crippen MR) is 86.9 cm³/mol. The van der Waals surface area contributed by atoms with E-state index in [4.69, 9.17) is 0 Å². The Morgan fingerprint density at radius 2 is 1.64 bits per heavy atom. The molecule has 0 aliphatic rings. The number of aromatic nitrogens is 1. The number of nitrogens with one attached hydrogen (secondary N) is 2. The summed E-state index contributed by atoms with van der Waals surface area (Å²) in [5.74, 6) is 0.439. The third kappa shape index (κ3) is 3.08. The van der Waals surface area contributed by atoms with Gasteiger partial charge in [0, 0.05) is 5.39 Å². The Morgan fingerprint density at radius 1 is 0.909 bits per heavy atom. The number of para-hydroxylation sites is 1. The molecule has 1 heterocycles. The summed E-state index contributed by atoms with van der Waals surface area (Å²) in [7, 11) is -3.63. The summed E-state index contributed by atoms with van der Waals surface area (Å²) in [6.45, 7) is 1.90. The first-order valence-corrected chi connectivity index (χ1v) is 8.23. The molecule has 0 fully saturated rings. The summed E-state index contributed by atoms with van der Waals surface area (Å²) < 4.78 is 24.4. The Bertz CT molecular complexity index is 906. The van der Waals surface area contributed by atoms with Crippen LogP contribution in [-0.2, 0) is 10.0 Å². The molecule has 3 rings (SSSR count). The van der Waals surface area contributed by atoms with Crippen molar-refractivity contribution in [1.82, 2.24) is 9.82 Å². The number of anilines is 1. The van der Waals surface area contributed by atoms with E-state index in [-0.39, 0.29) is 4.90 Å². The number of hydrogen-bond donors (Lipinski definition) is 2. The molecule has 0 atom stereocenters. The van der Waals surface area contributed by atoms with E-state index < -0.39 is 10.0 Å². The van der Waals surface area contributed by atoms with Gasteiger partial charge in [-0.1, -0.05) is 35.9 Å². The fraction of sp³-hybridized carbons (Fsp3) is 0.0625. The van der Waals surface area contributed by atoms with Crippen molar-refractivity contribution in [3.63, 3.8) is 0 Å². The molecule has 0 unspecified atom stereocenters. The zero-order valence-electron chi connectivity index (χ0n) is 11.9. The molecule has 22 heavy (non-hydrogen) atoms. The molecule has 2 N–H and O–H groups in total. The minimum Gasteiger partial charge on any atom is -0.292 e. The largest absolute Gasteiger partial charge is 0.292 e. The zero-order chi connectivity index (χ0) is 15.6. The third-order valence-electron chi connectivity index (χ3n) is 3.24. The van der Waals surface area contributed by atoms with Crippen LogP contribution in [0.3, 0.4) is 0 Å². The minimum atomic E-state index is -3.63. The van der Waals surface area contributed by atoms with Gasteiger partial charge in [0.25, 0.3) is 10.0 Å². The molecule has 3 aromatic rings. The van der Waals surface area contributed by atoms with Crippen LogP contribution in [0.2, 0.25) is 0 Å². The summed E-state index contributed by atoms with van der Waals surface area (Å²) >= 11 is 0. The first-order valence-electron chi connectivity index (χ1n) is 6.75. The molecule has 6 heteroatoms. The molecule has 0 saturated carbocycles. The number of fused-ring (bicyclic) bond motifs is 1. The number of sulfonamides is 1. The van der Waals surface area contributed by atoms with E-state index in [1.165, 1.54) is 0 Å². The van der Waals surface area contributed by atoms with Gasteiger partial charge in [-0.05, 0) is 37.3 Å². The number of pyridine rings is 1. The maximum atomic E-state index is 12.2. The van der Waals surface area contributed by atoms with Crippen molar-refractivity contribution in [2.75, 3.05) is 5.43 Å². The maximum absolute atomic E-state index is 12.2. The topological polar surface area (TPSA) is 71.1 Å². The zero-order valence-corrected chi connectivity index (χ0v) is 12.8. The van der Waals surface area contributed by atoms with E-state index in [2.05, 4.69) is 15.2 Å². The Labute approximate surface area is 129 Å². The molecular weight excluding hydrogens is 298 g/mol. The normalized spacial score (nSPS) is 11.5. The molecule has 5 nitrogen and oxygen atoms in total. The maximum Gasteiger partial charge on any atom is 0.257 e. The van der Waals surface area contributed by atoms with Crippen molar-refractivity contribution in [2.45, 2.75) is 11.8 Å². The monoisotopic (exact) mass is 313 g/mol. The molecule has 0 aliphatic carbocycles. The second-order valence-corrected chi connectivity index (χ2v) is 6.62. The molecule has 0 saturated heterocycles. The smallest absolute Gasteiger partial charge is 0.257 e. The van der Waals surface area contributed by atoms with Gasteiger partial charge < -0.3 is 0 Å². The van der Waals surface area contributed by atoms with E-state index in [9.17, 15) is 8.42 Å². The van der Waals surface area contributed by atoms with Gasteiger partial charge >= 0.3 is 0 Å². The average Bonchev–Trinajstić information content (AvgIpc) is 2.53. The summed E-state index contributed by atoms with van der Waals surface area (Å²) in [5, 5.41) is 0.995. The highest BCUT2D eigenvalue weighted by Gasteiger charge is 2.13. The SMILES string of the molecule is Cc1ccc(S(=O)(=O)NNc2ccc3ccccc3n2)cc1. The minimum absolute atomic E-state index is 0.200. The van der Waals surface area contributed by atoms with Crippen molar-refractivity contribution in [3.8, 4) is 0 Å². The molecule has 1 aromatic heterocycles. The highest BCUT2D eigenvalue weighted by Crippen LogP contribution is 2.15. The molecular formula is C16H15N3O2S. The van der Waals surface area contributed by atoms with Crippen LogP contribution in [0.4, 0.5) is 5.82 Å². The summed E-state index contributed by atoms with van der Waals surface area (Å²) in [5.41, 5.74) is 4.44. The van der Waals surface area contributed by atoms with E-state index in [1.54, 1.807) is 30.3 Å². The van der Waals surface area contributed by atoms with Crippen LogP contribution in [0.1, 0.15) is 5.56 Å². The van der Waals surface area contributed by atoms with Gasteiger partial charge in [-0.15, -0.1) is 4.83 Å². The summed E-state index contributed by atoms with van der Waals surface area (Å²) in [4.78, 5) is 6.88. The van der Waals surface area contributed by atoms with E-state index >= 15 is 0 Å². The van der Waals surface area contributed by atoms with Crippen molar-refractivity contribution >= 4 is 26.7 Å². The summed E-state index contributed by atoms with van der Waals surface area (Å²) in [6.07, 6.45) is 0. The Kier molecular flexibility index (Phi) is 3.79. The molecule has 0 radical (unpaired) electrons. The number of aryl methyl sites for hydroxylation is 1. The molecule has 0 spiro atoms. The van der Waals surface area contributed by atoms with Gasteiger partial charge in [0.15, 0.2) is 0 Å². The Hall–Kier alpha value is -2.44. The lowest BCUT2D eigenvalue weighted by molar-refractivity contribution is 0.587. The summed E-state index contributed by atoms with van der Waals surface area (Å²) in [6, 6.07) is 17.9. The second-order valence-electron chi connectivity index (χ2n) is 4.93. The number of nitrogens with zero attached hydrogens (tertiary/aromatic N) is 1. The van der Waals surface area contributed by atoms with Gasteiger partial charge in [0.1, 0.15) is 5.82 Å². The lowest BCUT2D eigenvalue weighted by Crippen LogP contribution is -2.29. The highest BCUT2D eigenvalue weighted by molar-refractivity contribution is 7.89. The fourth-order valence-electron chi connectivity index (χ4n) is 2.03. The van der Waals surface area contributed by atoms with Crippen molar-refractivity contribution in [1.29, 1.82) is 0 Å². The number of benzene rings is 2. The third-order valence-corrected chi connectivity index (χ3v) is 4.51. The van der Waals surface area contributed by atoms with Gasteiger partial charge in [-0.25, -0.2) is 13.4 Å². The van der Waals surface area contributed by atoms with E-state index in [0.717, 1.165) is 16.5 Å². The lowest BCUT2D eigenvalue weighted by Gasteiger charge is -2.09. The van der Waals surface area contributed by atoms with Crippen molar-refractivity contribution < 1.29 is 8.42 Å². The van der Waals surface area contributed by atoms with Gasteiger partial charge in [0.2, 0.25) is 0 Å². The second kappa shape index (κ2) is 5.75. The molecule has 2 aromatic carbocycles. The fourth-order valence-corrected chi connectivity index (χ4v) is 2.88. The predicted octanol–water partition coefficient (Wildman–Crippen LogP) is 2.85. The van der Waals surface area contributed by atoms with Gasteiger partial charge in [-0.2, -0.15) is 0 Å². The quantitative estimate of drug-likeness (QED) is 0.727. The first-order chi connectivity index (χ1) is 10.5. The number of hydrazine groups is 1. The number of rotatable bonds is 4. The van der Waals surface area contributed by atoms with Crippen LogP contribution in [0.5, 0.6) is 0 Å². The Balaban J connectivity index is 1.79. The van der Waals surface area contributed by atoms with Crippen LogP contribution < -0.4 is 10.3 Å². The van der Waals surface area contributed by atoms with Crippen LogP contribution in [-0.4, -0.2) is 13.4 Å². The lowest BCUT2D eigenvalue weighted by atomic mass is 10.2.